The third-order valence-corrected chi connectivity index (χ3v) is 4.61. The summed E-state index contributed by atoms with van der Waals surface area (Å²) in [5.74, 6) is 0.485. The first-order valence-corrected chi connectivity index (χ1v) is 6.39. The molecule has 1 aliphatic carbocycles. The van der Waals surface area contributed by atoms with Gasteiger partial charge in [0.25, 0.3) is 0 Å². The van der Waals surface area contributed by atoms with Gasteiger partial charge >= 0.3 is 0 Å². The van der Waals surface area contributed by atoms with Crippen LogP contribution in [0.25, 0.3) is 0 Å². The molecule has 0 aromatic rings. The van der Waals surface area contributed by atoms with Crippen LogP contribution in [-0.4, -0.2) is 22.4 Å². The van der Waals surface area contributed by atoms with Crippen LogP contribution in [0.2, 0.25) is 0 Å². The predicted molar refractivity (Wildman–Crippen MR) is 71.7 cm³/mol. The van der Waals surface area contributed by atoms with Crippen LogP contribution in [0.15, 0.2) is 24.8 Å². The number of rotatable bonds is 4. The molecule has 2 heteroatoms. The molecule has 0 aromatic heterocycles. The first-order valence-electron chi connectivity index (χ1n) is 6.39. The Kier molecular flexibility index (Phi) is 4.21. The van der Waals surface area contributed by atoms with Crippen LogP contribution in [-0.2, 0) is 0 Å². The molecule has 0 heterocycles. The smallest absolute Gasteiger partial charge is 0.0877 e. The maximum Gasteiger partial charge on any atom is 0.0877 e. The van der Waals surface area contributed by atoms with E-state index in [4.69, 9.17) is 0 Å². The minimum atomic E-state index is -0.976. The van der Waals surface area contributed by atoms with E-state index in [0.29, 0.717) is 5.92 Å². The molecule has 0 radical (unpaired) electrons. The first-order chi connectivity index (χ1) is 7.77. The number of aliphatic hydroxyl groups is 2. The quantitative estimate of drug-likeness (QED) is 0.739. The summed E-state index contributed by atoms with van der Waals surface area (Å²) in [5, 5.41) is 19.5. The van der Waals surface area contributed by atoms with Crippen LogP contribution < -0.4 is 0 Å². The summed E-state index contributed by atoms with van der Waals surface area (Å²) in [6, 6.07) is 0. The minimum absolute atomic E-state index is 0.0773. The second kappa shape index (κ2) is 4.95. The van der Waals surface area contributed by atoms with Crippen molar-refractivity contribution >= 4 is 0 Å². The second-order valence-corrected chi connectivity index (χ2v) is 6.10. The van der Waals surface area contributed by atoms with E-state index >= 15 is 0 Å². The van der Waals surface area contributed by atoms with E-state index in [-0.39, 0.29) is 17.9 Å². The highest BCUT2D eigenvalue weighted by Crippen LogP contribution is 2.49. The fourth-order valence-corrected chi connectivity index (χ4v) is 3.03. The highest BCUT2D eigenvalue weighted by atomic mass is 16.3. The fraction of sp³-hybridized carbons (Fsp3) is 0.733. The molecule has 0 amide bonds. The van der Waals surface area contributed by atoms with Crippen molar-refractivity contribution in [2.24, 2.45) is 17.3 Å². The van der Waals surface area contributed by atoms with Crippen LogP contribution in [0.1, 0.15) is 40.0 Å². The Hall–Kier alpha value is -0.600. The van der Waals surface area contributed by atoms with Gasteiger partial charge < -0.3 is 10.2 Å². The minimum Gasteiger partial charge on any atom is -0.393 e. The largest absolute Gasteiger partial charge is 0.393 e. The van der Waals surface area contributed by atoms with Gasteiger partial charge in [-0.1, -0.05) is 25.2 Å². The molecule has 98 valence electrons. The average molecular weight is 238 g/mol. The Morgan fingerprint density at radius 1 is 1.59 bits per heavy atom. The van der Waals surface area contributed by atoms with Crippen molar-refractivity contribution in [2.45, 2.75) is 45.6 Å². The number of allylic oxidation sites excluding steroid dienone is 2. The second-order valence-electron chi connectivity index (χ2n) is 6.10. The predicted octanol–water partition coefficient (Wildman–Crippen LogP) is 2.91. The summed E-state index contributed by atoms with van der Waals surface area (Å²) in [6.07, 6.45) is 4.83. The Balaban J connectivity index is 2.90. The molecule has 0 spiro atoms. The summed E-state index contributed by atoms with van der Waals surface area (Å²) in [7, 11) is 0. The first kappa shape index (κ1) is 14.5. The van der Waals surface area contributed by atoms with Crippen LogP contribution in [0.4, 0.5) is 0 Å². The summed E-state index contributed by atoms with van der Waals surface area (Å²) in [5.41, 5.74) is 0.246. The van der Waals surface area contributed by atoms with Gasteiger partial charge in [-0.15, -0.1) is 6.58 Å². The normalized spacial score (nSPS) is 37.2. The monoisotopic (exact) mass is 238 g/mol. The molecule has 4 atom stereocenters. The van der Waals surface area contributed by atoms with Gasteiger partial charge in [0.2, 0.25) is 0 Å². The summed E-state index contributed by atoms with van der Waals surface area (Å²) < 4.78 is 0. The molecule has 1 fully saturated rings. The highest BCUT2D eigenvalue weighted by molar-refractivity contribution is 5.13. The van der Waals surface area contributed by atoms with Crippen molar-refractivity contribution in [1.82, 2.24) is 0 Å². The van der Waals surface area contributed by atoms with Crippen LogP contribution in [0.5, 0.6) is 0 Å². The van der Waals surface area contributed by atoms with E-state index in [2.05, 4.69) is 20.1 Å². The Morgan fingerprint density at radius 3 is 2.59 bits per heavy atom. The van der Waals surface area contributed by atoms with E-state index < -0.39 is 5.60 Å². The van der Waals surface area contributed by atoms with Crippen molar-refractivity contribution in [1.29, 1.82) is 0 Å². The van der Waals surface area contributed by atoms with Crippen LogP contribution in [0.3, 0.4) is 0 Å². The van der Waals surface area contributed by atoms with Crippen LogP contribution in [0, 0.1) is 17.3 Å². The van der Waals surface area contributed by atoms with E-state index in [0.717, 1.165) is 24.8 Å². The average Bonchev–Trinajstić information content (AvgIpc) is 2.28. The topological polar surface area (TPSA) is 40.5 Å². The maximum absolute atomic E-state index is 10.2. The van der Waals surface area contributed by atoms with E-state index in [1.807, 2.05) is 13.0 Å². The molecule has 2 nitrogen and oxygen atoms in total. The molecule has 0 bridgehead atoms. The summed E-state index contributed by atoms with van der Waals surface area (Å²) >= 11 is 0. The Morgan fingerprint density at radius 2 is 2.18 bits per heavy atom. The number of hydrogen-bond donors (Lipinski definition) is 2. The van der Waals surface area contributed by atoms with E-state index in [9.17, 15) is 10.2 Å². The molecular formula is C15H26O2. The zero-order valence-corrected chi connectivity index (χ0v) is 11.4. The van der Waals surface area contributed by atoms with Gasteiger partial charge in [0.05, 0.1) is 12.2 Å². The van der Waals surface area contributed by atoms with Gasteiger partial charge in [0.1, 0.15) is 0 Å². The van der Waals surface area contributed by atoms with Gasteiger partial charge in [-0.2, -0.15) is 0 Å². The molecule has 0 aliphatic heterocycles. The third kappa shape index (κ3) is 2.80. The molecule has 0 saturated heterocycles. The lowest BCUT2D eigenvalue weighted by molar-refractivity contribution is -0.0731. The van der Waals surface area contributed by atoms with Crippen LogP contribution >= 0.6 is 0 Å². The van der Waals surface area contributed by atoms with Crippen molar-refractivity contribution in [2.75, 3.05) is 6.61 Å². The molecule has 2 N–H and O–H groups in total. The van der Waals surface area contributed by atoms with E-state index in [1.165, 1.54) is 0 Å². The van der Waals surface area contributed by atoms with Gasteiger partial charge in [-0.05, 0) is 50.4 Å². The SMILES string of the molecule is C=C[C@]1(C)CC[C@@H]([C@@](C)(O)CO)C[C@H]1C(=C)C. The van der Waals surface area contributed by atoms with Crippen molar-refractivity contribution in [3.8, 4) is 0 Å². The molecular weight excluding hydrogens is 212 g/mol. The zero-order valence-electron chi connectivity index (χ0n) is 11.4. The fourth-order valence-electron chi connectivity index (χ4n) is 3.03. The molecule has 1 rings (SSSR count). The van der Waals surface area contributed by atoms with Crippen molar-refractivity contribution in [3.63, 3.8) is 0 Å². The maximum atomic E-state index is 10.2. The third-order valence-electron chi connectivity index (χ3n) is 4.61. The summed E-state index contributed by atoms with van der Waals surface area (Å²) in [4.78, 5) is 0. The molecule has 1 saturated carbocycles. The van der Waals surface area contributed by atoms with Gasteiger partial charge in [-0.25, -0.2) is 0 Å². The van der Waals surface area contributed by atoms with Crippen molar-refractivity contribution in [3.05, 3.63) is 24.8 Å². The zero-order chi connectivity index (χ0) is 13.3. The molecule has 0 aromatic carbocycles. The Labute approximate surface area is 105 Å². The van der Waals surface area contributed by atoms with Gasteiger partial charge in [-0.3, -0.25) is 0 Å². The van der Waals surface area contributed by atoms with Gasteiger partial charge in [0.15, 0.2) is 0 Å². The highest BCUT2D eigenvalue weighted by Gasteiger charge is 2.43. The number of hydrogen-bond acceptors (Lipinski definition) is 2. The lowest BCUT2D eigenvalue weighted by atomic mass is 9.60. The van der Waals surface area contributed by atoms with Gasteiger partial charge in [0, 0.05) is 0 Å². The molecule has 17 heavy (non-hydrogen) atoms. The van der Waals surface area contributed by atoms with Crippen molar-refractivity contribution < 1.29 is 10.2 Å². The Bertz CT molecular complexity index is 306. The standard InChI is InChI=1S/C15H26O2/c1-6-14(4)8-7-12(15(5,17)10-16)9-13(14)11(2)3/h6,12-13,16-17H,1-2,7-10H2,3-5H3/t12-,13+,14-,15+/m1/s1. The lowest BCUT2D eigenvalue weighted by Crippen LogP contribution is -2.45. The molecule has 0 unspecified atom stereocenters. The lowest BCUT2D eigenvalue weighted by Gasteiger charge is -2.46. The summed E-state index contributed by atoms with van der Waals surface area (Å²) in [6.45, 7) is 13.8. The number of aliphatic hydroxyl groups excluding tert-OH is 1. The van der Waals surface area contributed by atoms with E-state index in [1.54, 1.807) is 6.92 Å². The molecule has 1 aliphatic rings.